The van der Waals surface area contributed by atoms with Gasteiger partial charge in [-0.3, -0.25) is 4.98 Å². The zero-order valence-electron chi connectivity index (χ0n) is 10.5. The molecule has 98 valence electrons. The number of halogens is 1. The summed E-state index contributed by atoms with van der Waals surface area (Å²) >= 11 is 1.61. The highest BCUT2D eigenvalue weighted by atomic mass is 32.2. The first kappa shape index (κ1) is 12.6. The van der Waals surface area contributed by atoms with E-state index in [1.165, 1.54) is 6.07 Å². The third-order valence-corrected chi connectivity index (χ3v) is 4.46. The van der Waals surface area contributed by atoms with Gasteiger partial charge in [0.05, 0.1) is 0 Å². The molecule has 1 aromatic heterocycles. The van der Waals surface area contributed by atoms with Gasteiger partial charge in [-0.25, -0.2) is 4.39 Å². The fraction of sp³-hybridized carbons (Fsp3) is 0.267. The molecule has 0 radical (unpaired) electrons. The van der Waals surface area contributed by atoms with Gasteiger partial charge in [0.2, 0.25) is 0 Å². The molecule has 1 atom stereocenters. The molecule has 2 nitrogen and oxygen atoms in total. The van der Waals surface area contributed by atoms with E-state index in [2.05, 4.69) is 10.3 Å². The van der Waals surface area contributed by atoms with Crippen LogP contribution < -0.4 is 5.32 Å². The maximum atomic E-state index is 13.7. The Morgan fingerprint density at radius 3 is 3.11 bits per heavy atom. The first-order valence-electron chi connectivity index (χ1n) is 6.38. The molecule has 0 spiro atoms. The van der Waals surface area contributed by atoms with Crippen molar-refractivity contribution in [3.8, 4) is 0 Å². The molecule has 1 unspecified atom stereocenters. The van der Waals surface area contributed by atoms with E-state index in [4.69, 9.17) is 0 Å². The molecule has 0 fully saturated rings. The van der Waals surface area contributed by atoms with E-state index in [1.54, 1.807) is 24.0 Å². The Bertz CT molecular complexity index is 559. The number of hydrogen-bond acceptors (Lipinski definition) is 3. The van der Waals surface area contributed by atoms with Crippen LogP contribution in [0.25, 0.3) is 0 Å². The van der Waals surface area contributed by atoms with Crippen molar-refractivity contribution in [3.05, 3.63) is 59.7 Å². The lowest BCUT2D eigenvalue weighted by Crippen LogP contribution is -2.24. The lowest BCUT2D eigenvalue weighted by molar-refractivity contribution is 0.496. The number of nitrogens with one attached hydrogen (secondary N) is 1. The van der Waals surface area contributed by atoms with E-state index in [0.717, 1.165) is 34.7 Å². The van der Waals surface area contributed by atoms with Gasteiger partial charge >= 0.3 is 0 Å². The molecule has 1 aromatic carbocycles. The van der Waals surface area contributed by atoms with Gasteiger partial charge in [-0.1, -0.05) is 18.2 Å². The number of pyridine rings is 1. The number of thioether (sulfide) groups is 1. The quantitative estimate of drug-likeness (QED) is 0.926. The monoisotopic (exact) mass is 274 g/mol. The summed E-state index contributed by atoms with van der Waals surface area (Å²) in [5.74, 6) is 0.855. The minimum atomic E-state index is -0.102. The second-order valence-electron chi connectivity index (χ2n) is 4.59. The SMILES string of the molecule is Fc1cccc2c1SCCC2NCc1cccnc1. The maximum absolute atomic E-state index is 13.7. The van der Waals surface area contributed by atoms with Gasteiger partial charge in [-0.15, -0.1) is 11.8 Å². The second-order valence-corrected chi connectivity index (χ2v) is 5.70. The maximum Gasteiger partial charge on any atom is 0.137 e. The largest absolute Gasteiger partial charge is 0.306 e. The predicted octanol–water partition coefficient (Wildman–Crippen LogP) is 3.55. The van der Waals surface area contributed by atoms with Gasteiger partial charge in [0.1, 0.15) is 5.82 Å². The number of nitrogens with zero attached hydrogens (tertiary/aromatic N) is 1. The van der Waals surface area contributed by atoms with Gasteiger partial charge in [0, 0.05) is 29.9 Å². The summed E-state index contributed by atoms with van der Waals surface area (Å²) in [6.07, 6.45) is 4.66. The normalized spacial score (nSPS) is 18.1. The first-order chi connectivity index (χ1) is 9.34. The molecule has 1 aliphatic heterocycles. The Kier molecular flexibility index (Phi) is 3.80. The van der Waals surface area contributed by atoms with Gasteiger partial charge < -0.3 is 5.32 Å². The van der Waals surface area contributed by atoms with E-state index < -0.39 is 0 Å². The molecule has 2 heterocycles. The molecule has 3 rings (SSSR count). The van der Waals surface area contributed by atoms with Crippen LogP contribution in [0, 0.1) is 5.82 Å². The summed E-state index contributed by atoms with van der Waals surface area (Å²) < 4.78 is 13.7. The van der Waals surface area contributed by atoms with Crippen LogP contribution in [0.1, 0.15) is 23.6 Å². The first-order valence-corrected chi connectivity index (χ1v) is 7.36. The summed E-state index contributed by atoms with van der Waals surface area (Å²) in [5.41, 5.74) is 2.24. The van der Waals surface area contributed by atoms with Crippen molar-refractivity contribution < 1.29 is 4.39 Å². The summed E-state index contributed by atoms with van der Waals surface area (Å²) in [6.45, 7) is 0.763. The van der Waals surface area contributed by atoms with Crippen molar-refractivity contribution in [1.82, 2.24) is 10.3 Å². The third-order valence-electron chi connectivity index (χ3n) is 3.30. The van der Waals surface area contributed by atoms with Crippen molar-refractivity contribution in [3.63, 3.8) is 0 Å². The Balaban J connectivity index is 1.75. The Morgan fingerprint density at radius 1 is 1.32 bits per heavy atom. The van der Waals surface area contributed by atoms with Crippen LogP contribution >= 0.6 is 11.8 Å². The highest BCUT2D eigenvalue weighted by Crippen LogP contribution is 2.37. The Morgan fingerprint density at radius 2 is 2.26 bits per heavy atom. The van der Waals surface area contributed by atoms with Crippen molar-refractivity contribution in [2.75, 3.05) is 5.75 Å². The average Bonchev–Trinajstić information content (AvgIpc) is 2.47. The van der Waals surface area contributed by atoms with Crippen molar-refractivity contribution in [1.29, 1.82) is 0 Å². The molecule has 19 heavy (non-hydrogen) atoms. The second kappa shape index (κ2) is 5.72. The average molecular weight is 274 g/mol. The zero-order valence-corrected chi connectivity index (χ0v) is 11.3. The fourth-order valence-corrected chi connectivity index (χ4v) is 3.48. The fourth-order valence-electron chi connectivity index (χ4n) is 2.34. The predicted molar refractivity (Wildman–Crippen MR) is 75.6 cm³/mol. The van der Waals surface area contributed by atoms with E-state index in [9.17, 15) is 4.39 Å². The van der Waals surface area contributed by atoms with Crippen LogP contribution in [-0.4, -0.2) is 10.7 Å². The van der Waals surface area contributed by atoms with E-state index in [-0.39, 0.29) is 11.9 Å². The minimum absolute atomic E-state index is 0.102. The third kappa shape index (κ3) is 2.80. The van der Waals surface area contributed by atoms with Crippen molar-refractivity contribution in [2.24, 2.45) is 0 Å². The highest BCUT2D eigenvalue weighted by Gasteiger charge is 2.22. The lowest BCUT2D eigenvalue weighted by atomic mass is 10.0. The zero-order chi connectivity index (χ0) is 13.1. The lowest BCUT2D eigenvalue weighted by Gasteiger charge is -2.26. The molecular weight excluding hydrogens is 259 g/mol. The Hall–Kier alpha value is -1.39. The van der Waals surface area contributed by atoms with Crippen LogP contribution in [-0.2, 0) is 6.54 Å². The summed E-state index contributed by atoms with van der Waals surface area (Å²) in [5, 5.41) is 3.50. The number of rotatable bonds is 3. The van der Waals surface area contributed by atoms with Crippen molar-refractivity contribution in [2.45, 2.75) is 23.9 Å². The topological polar surface area (TPSA) is 24.9 Å². The van der Waals surface area contributed by atoms with E-state index in [0.29, 0.717) is 0 Å². The smallest absolute Gasteiger partial charge is 0.137 e. The van der Waals surface area contributed by atoms with Gasteiger partial charge in [0.15, 0.2) is 0 Å². The summed E-state index contributed by atoms with van der Waals surface area (Å²) in [7, 11) is 0. The molecule has 0 saturated heterocycles. The molecular formula is C15H15FN2S. The summed E-state index contributed by atoms with van der Waals surface area (Å²) in [6, 6.07) is 9.55. The van der Waals surface area contributed by atoms with Crippen LogP contribution in [0.3, 0.4) is 0 Å². The number of aromatic nitrogens is 1. The molecule has 2 aromatic rings. The number of benzene rings is 1. The molecule has 1 N–H and O–H groups in total. The number of hydrogen-bond donors (Lipinski definition) is 1. The number of fused-ring (bicyclic) bond motifs is 1. The van der Waals surface area contributed by atoms with Crippen molar-refractivity contribution >= 4 is 11.8 Å². The highest BCUT2D eigenvalue weighted by molar-refractivity contribution is 7.99. The van der Waals surface area contributed by atoms with E-state index in [1.807, 2.05) is 24.4 Å². The molecule has 1 aliphatic rings. The van der Waals surface area contributed by atoms with E-state index >= 15 is 0 Å². The molecule has 4 heteroatoms. The molecule has 0 aliphatic carbocycles. The van der Waals surface area contributed by atoms with Crippen LogP contribution in [0.5, 0.6) is 0 Å². The summed E-state index contributed by atoms with van der Waals surface area (Å²) in [4.78, 5) is 4.91. The van der Waals surface area contributed by atoms with Gasteiger partial charge in [-0.2, -0.15) is 0 Å². The Labute approximate surface area is 116 Å². The van der Waals surface area contributed by atoms with Crippen LogP contribution in [0.4, 0.5) is 4.39 Å². The molecule has 0 amide bonds. The molecule has 0 saturated carbocycles. The molecule has 0 bridgehead atoms. The van der Waals surface area contributed by atoms with Gasteiger partial charge in [-0.05, 0) is 35.4 Å². The minimum Gasteiger partial charge on any atom is -0.306 e. The van der Waals surface area contributed by atoms with Crippen LogP contribution in [0.15, 0.2) is 47.6 Å². The van der Waals surface area contributed by atoms with Crippen LogP contribution in [0.2, 0.25) is 0 Å². The standard InChI is InChI=1S/C15H15FN2S/c16-13-5-1-4-12-14(6-8-19-15(12)13)18-10-11-3-2-7-17-9-11/h1-5,7,9,14,18H,6,8,10H2. The van der Waals surface area contributed by atoms with Gasteiger partial charge in [0.25, 0.3) is 0 Å².